The van der Waals surface area contributed by atoms with E-state index >= 15 is 0 Å². The Balaban J connectivity index is 0.00000200. The predicted octanol–water partition coefficient (Wildman–Crippen LogP) is 3.13. The molecular weight excluding hydrogens is 292 g/mol. The molecule has 1 aliphatic rings. The molecule has 1 fully saturated rings. The highest BCUT2D eigenvalue weighted by Crippen LogP contribution is 2.32. The standard InChI is InChI=1S/C15H24N2OS.ClH/c16-11-14(12-8-9-12)17-15(18)7-3-1-2-5-13-6-4-10-19-13;/h4,6,10,12,14H,1-3,5,7-9,11,16H2,(H,17,18);1H. The number of hydrogen-bond acceptors (Lipinski definition) is 3. The second kappa shape index (κ2) is 9.37. The van der Waals surface area contributed by atoms with Crippen LogP contribution in [-0.2, 0) is 11.2 Å². The Morgan fingerprint density at radius 2 is 2.20 bits per heavy atom. The van der Waals surface area contributed by atoms with Gasteiger partial charge in [0.25, 0.3) is 0 Å². The number of rotatable bonds is 9. The first-order valence-corrected chi connectivity index (χ1v) is 8.19. The normalized spacial score (nSPS) is 15.4. The van der Waals surface area contributed by atoms with Gasteiger partial charge < -0.3 is 11.1 Å². The SMILES string of the molecule is Cl.NCC(NC(=O)CCCCCc1cccs1)C1CC1. The van der Waals surface area contributed by atoms with Crippen LogP contribution in [-0.4, -0.2) is 18.5 Å². The fraction of sp³-hybridized carbons (Fsp3) is 0.667. The summed E-state index contributed by atoms with van der Waals surface area (Å²) in [7, 11) is 0. The van der Waals surface area contributed by atoms with Crippen LogP contribution in [0, 0.1) is 5.92 Å². The van der Waals surface area contributed by atoms with E-state index in [2.05, 4.69) is 22.8 Å². The monoisotopic (exact) mass is 316 g/mol. The first kappa shape index (κ1) is 17.5. The van der Waals surface area contributed by atoms with Crippen molar-refractivity contribution in [1.82, 2.24) is 5.32 Å². The van der Waals surface area contributed by atoms with Crippen molar-refractivity contribution < 1.29 is 4.79 Å². The van der Waals surface area contributed by atoms with Crippen LogP contribution in [0.25, 0.3) is 0 Å². The third kappa shape index (κ3) is 6.25. The van der Waals surface area contributed by atoms with Crippen molar-refractivity contribution in [2.24, 2.45) is 11.7 Å². The van der Waals surface area contributed by atoms with Gasteiger partial charge in [0.15, 0.2) is 0 Å². The molecule has 0 aliphatic heterocycles. The minimum absolute atomic E-state index is 0. The number of halogens is 1. The van der Waals surface area contributed by atoms with Gasteiger partial charge in [-0.1, -0.05) is 12.5 Å². The van der Waals surface area contributed by atoms with E-state index in [0.717, 1.165) is 19.3 Å². The fourth-order valence-corrected chi connectivity index (χ4v) is 3.11. The lowest BCUT2D eigenvalue weighted by Crippen LogP contribution is -2.41. The van der Waals surface area contributed by atoms with Crippen LogP contribution >= 0.6 is 23.7 Å². The van der Waals surface area contributed by atoms with E-state index in [1.807, 2.05) is 11.3 Å². The average molecular weight is 317 g/mol. The van der Waals surface area contributed by atoms with Gasteiger partial charge in [0.05, 0.1) is 0 Å². The Morgan fingerprint density at radius 3 is 2.80 bits per heavy atom. The van der Waals surface area contributed by atoms with Gasteiger partial charge in [0.2, 0.25) is 5.91 Å². The molecule has 0 bridgehead atoms. The lowest BCUT2D eigenvalue weighted by atomic mass is 10.1. The van der Waals surface area contributed by atoms with Gasteiger partial charge in [-0.3, -0.25) is 4.79 Å². The van der Waals surface area contributed by atoms with Crippen molar-refractivity contribution in [2.45, 2.75) is 51.0 Å². The molecule has 1 aromatic rings. The van der Waals surface area contributed by atoms with Crippen molar-refractivity contribution in [2.75, 3.05) is 6.54 Å². The highest BCUT2D eigenvalue weighted by atomic mass is 35.5. The zero-order valence-electron chi connectivity index (χ0n) is 11.8. The van der Waals surface area contributed by atoms with Crippen molar-refractivity contribution >= 4 is 29.7 Å². The molecule has 114 valence electrons. The van der Waals surface area contributed by atoms with Crippen LogP contribution in [0.4, 0.5) is 0 Å². The molecule has 20 heavy (non-hydrogen) atoms. The average Bonchev–Trinajstić information content (AvgIpc) is 3.12. The number of thiophene rings is 1. The Hall–Kier alpha value is -0.580. The molecule has 2 rings (SSSR count). The van der Waals surface area contributed by atoms with E-state index in [9.17, 15) is 4.79 Å². The summed E-state index contributed by atoms with van der Waals surface area (Å²) < 4.78 is 0. The molecule has 1 unspecified atom stereocenters. The van der Waals surface area contributed by atoms with Crippen LogP contribution in [0.1, 0.15) is 43.4 Å². The molecule has 1 saturated carbocycles. The molecular formula is C15H25ClN2OS. The van der Waals surface area contributed by atoms with Gasteiger partial charge in [0.1, 0.15) is 0 Å². The third-order valence-corrected chi connectivity index (χ3v) is 4.63. The summed E-state index contributed by atoms with van der Waals surface area (Å²) in [6, 6.07) is 4.50. The number of nitrogens with two attached hydrogens (primary N) is 1. The molecule has 1 heterocycles. The second-order valence-corrected chi connectivity index (χ2v) is 6.42. The van der Waals surface area contributed by atoms with Gasteiger partial charge in [-0.2, -0.15) is 0 Å². The van der Waals surface area contributed by atoms with Gasteiger partial charge in [-0.15, -0.1) is 23.7 Å². The molecule has 1 atom stereocenters. The number of hydrogen-bond donors (Lipinski definition) is 2. The molecule has 0 spiro atoms. The van der Waals surface area contributed by atoms with E-state index in [1.165, 1.54) is 24.1 Å². The molecule has 0 saturated heterocycles. The summed E-state index contributed by atoms with van der Waals surface area (Å²) in [5, 5.41) is 5.19. The molecule has 0 aromatic carbocycles. The predicted molar refractivity (Wildman–Crippen MR) is 87.4 cm³/mol. The Labute approximate surface area is 131 Å². The molecule has 5 heteroatoms. The number of carbonyl (C=O) groups is 1. The van der Waals surface area contributed by atoms with E-state index < -0.39 is 0 Å². The maximum Gasteiger partial charge on any atom is 0.220 e. The molecule has 0 radical (unpaired) electrons. The summed E-state index contributed by atoms with van der Waals surface area (Å²) in [6.45, 7) is 0.578. The van der Waals surface area contributed by atoms with E-state index in [0.29, 0.717) is 18.9 Å². The smallest absolute Gasteiger partial charge is 0.220 e. The van der Waals surface area contributed by atoms with Crippen LogP contribution in [0.15, 0.2) is 17.5 Å². The molecule has 3 N–H and O–H groups in total. The highest BCUT2D eigenvalue weighted by molar-refractivity contribution is 7.09. The maximum absolute atomic E-state index is 11.8. The van der Waals surface area contributed by atoms with Crippen LogP contribution < -0.4 is 11.1 Å². The van der Waals surface area contributed by atoms with E-state index in [1.54, 1.807) is 0 Å². The van der Waals surface area contributed by atoms with Crippen LogP contribution in [0.5, 0.6) is 0 Å². The minimum atomic E-state index is 0. The number of aryl methyl sites for hydroxylation is 1. The van der Waals surface area contributed by atoms with E-state index in [-0.39, 0.29) is 24.4 Å². The summed E-state index contributed by atoms with van der Waals surface area (Å²) in [4.78, 5) is 13.2. The zero-order chi connectivity index (χ0) is 13.5. The summed E-state index contributed by atoms with van der Waals surface area (Å²) in [5.41, 5.74) is 5.68. The van der Waals surface area contributed by atoms with Crippen LogP contribution in [0.2, 0.25) is 0 Å². The summed E-state index contributed by atoms with van der Waals surface area (Å²) in [6.07, 6.45) is 7.53. The highest BCUT2D eigenvalue weighted by Gasteiger charge is 2.30. The quantitative estimate of drug-likeness (QED) is 0.688. The van der Waals surface area contributed by atoms with Gasteiger partial charge in [0, 0.05) is 23.9 Å². The number of nitrogens with one attached hydrogen (secondary N) is 1. The summed E-state index contributed by atoms with van der Waals surface area (Å²) in [5.74, 6) is 0.825. The molecule has 3 nitrogen and oxygen atoms in total. The topological polar surface area (TPSA) is 55.1 Å². The molecule has 1 amide bonds. The van der Waals surface area contributed by atoms with Gasteiger partial charge >= 0.3 is 0 Å². The first-order chi connectivity index (χ1) is 9.29. The molecule has 1 aromatic heterocycles. The Kier molecular flexibility index (Phi) is 8.19. The lowest BCUT2D eigenvalue weighted by Gasteiger charge is -2.15. The van der Waals surface area contributed by atoms with Gasteiger partial charge in [-0.25, -0.2) is 0 Å². The van der Waals surface area contributed by atoms with Crippen molar-refractivity contribution in [3.05, 3.63) is 22.4 Å². The summed E-state index contributed by atoms with van der Waals surface area (Å²) >= 11 is 1.82. The maximum atomic E-state index is 11.8. The number of amides is 1. The number of carbonyl (C=O) groups excluding carboxylic acids is 1. The largest absolute Gasteiger partial charge is 0.352 e. The Bertz CT molecular complexity index is 379. The third-order valence-electron chi connectivity index (χ3n) is 3.70. The number of unbranched alkanes of at least 4 members (excludes halogenated alkanes) is 2. The second-order valence-electron chi connectivity index (χ2n) is 5.39. The van der Waals surface area contributed by atoms with Crippen molar-refractivity contribution in [3.63, 3.8) is 0 Å². The zero-order valence-corrected chi connectivity index (χ0v) is 13.5. The van der Waals surface area contributed by atoms with Crippen LogP contribution in [0.3, 0.4) is 0 Å². The van der Waals surface area contributed by atoms with Crippen molar-refractivity contribution in [1.29, 1.82) is 0 Å². The molecule has 1 aliphatic carbocycles. The Morgan fingerprint density at radius 1 is 1.40 bits per heavy atom. The fourth-order valence-electron chi connectivity index (χ4n) is 2.36. The first-order valence-electron chi connectivity index (χ1n) is 7.31. The lowest BCUT2D eigenvalue weighted by molar-refractivity contribution is -0.122. The van der Waals surface area contributed by atoms with Gasteiger partial charge in [-0.05, 0) is 49.5 Å². The minimum Gasteiger partial charge on any atom is -0.352 e. The van der Waals surface area contributed by atoms with E-state index in [4.69, 9.17) is 5.73 Å². The van der Waals surface area contributed by atoms with Crippen molar-refractivity contribution in [3.8, 4) is 0 Å².